The standard InChI is InChI=1S/C14H27N7O6/c1-7(22)11(13(27)20-5-9(23)19-6-10(24)25)21-12(26)8(15)3-2-4-18-14(16)17/h7-8,11,22H,2-6,15H2,1H3,(H,19,23)(H,20,27)(H,21,26)(H,24,25)(H4,16,17,18). The molecule has 13 heteroatoms. The van der Waals surface area contributed by atoms with E-state index in [2.05, 4.69) is 15.6 Å². The summed E-state index contributed by atoms with van der Waals surface area (Å²) < 4.78 is 0. The summed E-state index contributed by atoms with van der Waals surface area (Å²) in [4.78, 5) is 49.6. The molecule has 0 aliphatic carbocycles. The highest BCUT2D eigenvalue weighted by atomic mass is 16.4. The Kier molecular flexibility index (Phi) is 11.1. The van der Waals surface area contributed by atoms with Gasteiger partial charge in [-0.15, -0.1) is 0 Å². The van der Waals surface area contributed by atoms with Crippen molar-refractivity contribution in [1.82, 2.24) is 16.0 Å². The molecule has 0 saturated carbocycles. The molecule has 27 heavy (non-hydrogen) atoms. The van der Waals surface area contributed by atoms with E-state index in [0.717, 1.165) is 0 Å². The third kappa shape index (κ3) is 11.3. The average Bonchev–Trinajstić information content (AvgIpc) is 2.58. The van der Waals surface area contributed by atoms with Crippen molar-refractivity contribution >= 4 is 29.7 Å². The molecule has 154 valence electrons. The molecule has 13 nitrogen and oxygen atoms in total. The Balaban J connectivity index is 4.50. The van der Waals surface area contributed by atoms with Gasteiger partial charge in [0, 0.05) is 6.54 Å². The third-order valence-corrected chi connectivity index (χ3v) is 3.23. The fourth-order valence-corrected chi connectivity index (χ4v) is 1.83. The van der Waals surface area contributed by atoms with Gasteiger partial charge in [0.2, 0.25) is 17.7 Å². The average molecular weight is 389 g/mol. The van der Waals surface area contributed by atoms with Gasteiger partial charge in [-0.3, -0.25) is 24.2 Å². The predicted octanol–water partition coefficient (Wildman–Crippen LogP) is -4.45. The summed E-state index contributed by atoms with van der Waals surface area (Å²) in [6.07, 6.45) is -0.583. The summed E-state index contributed by atoms with van der Waals surface area (Å²) in [6, 6.07) is -2.29. The van der Waals surface area contributed by atoms with Gasteiger partial charge in [0.05, 0.1) is 18.7 Å². The number of guanidine groups is 1. The van der Waals surface area contributed by atoms with Gasteiger partial charge in [0.15, 0.2) is 5.96 Å². The van der Waals surface area contributed by atoms with Crippen molar-refractivity contribution in [3.05, 3.63) is 0 Å². The molecule has 0 heterocycles. The van der Waals surface area contributed by atoms with Crippen molar-refractivity contribution in [2.24, 2.45) is 22.2 Å². The second kappa shape index (κ2) is 12.4. The Hall–Kier alpha value is -2.93. The van der Waals surface area contributed by atoms with Crippen LogP contribution in [0.5, 0.6) is 0 Å². The number of aliphatic hydroxyl groups excluding tert-OH is 1. The molecule has 0 aromatic carbocycles. The normalized spacial score (nSPS) is 13.6. The quantitative estimate of drug-likeness (QED) is 0.0911. The molecule has 0 spiro atoms. The van der Waals surface area contributed by atoms with Crippen LogP contribution < -0.4 is 33.2 Å². The number of carboxylic acid groups (broad SMARTS) is 1. The number of hydrogen-bond donors (Lipinski definition) is 8. The lowest BCUT2D eigenvalue weighted by molar-refractivity contribution is -0.138. The molecular weight excluding hydrogens is 362 g/mol. The van der Waals surface area contributed by atoms with Crippen LogP contribution in [0.4, 0.5) is 0 Å². The number of carboxylic acids is 1. The number of aliphatic carboxylic acids is 1. The van der Waals surface area contributed by atoms with Crippen LogP contribution in [0.25, 0.3) is 0 Å². The van der Waals surface area contributed by atoms with E-state index in [-0.39, 0.29) is 18.9 Å². The first-order valence-corrected chi connectivity index (χ1v) is 8.10. The maximum Gasteiger partial charge on any atom is 0.322 e. The second-order valence-corrected chi connectivity index (χ2v) is 5.67. The van der Waals surface area contributed by atoms with Crippen LogP contribution in [-0.4, -0.2) is 77.7 Å². The Morgan fingerprint density at radius 1 is 1.07 bits per heavy atom. The Labute approximate surface area is 155 Å². The van der Waals surface area contributed by atoms with Gasteiger partial charge in [-0.2, -0.15) is 0 Å². The van der Waals surface area contributed by atoms with Crippen molar-refractivity contribution < 1.29 is 29.4 Å². The summed E-state index contributed by atoms with van der Waals surface area (Å²) in [5.41, 5.74) is 16.1. The minimum Gasteiger partial charge on any atom is -0.480 e. The summed E-state index contributed by atoms with van der Waals surface area (Å²) in [5.74, 6) is -3.55. The summed E-state index contributed by atoms with van der Waals surface area (Å²) in [6.45, 7) is 0.449. The first kappa shape index (κ1) is 24.1. The Bertz CT molecular complexity index is 562. The lowest BCUT2D eigenvalue weighted by Gasteiger charge is -2.22. The molecular formula is C14H27N7O6. The number of nitrogens with two attached hydrogens (primary N) is 3. The highest BCUT2D eigenvalue weighted by molar-refractivity contribution is 5.92. The van der Waals surface area contributed by atoms with E-state index in [1.165, 1.54) is 6.92 Å². The Morgan fingerprint density at radius 2 is 1.70 bits per heavy atom. The van der Waals surface area contributed by atoms with Crippen LogP contribution >= 0.6 is 0 Å². The molecule has 3 atom stereocenters. The van der Waals surface area contributed by atoms with Crippen LogP contribution in [0.15, 0.2) is 4.99 Å². The topological polar surface area (TPSA) is 235 Å². The van der Waals surface area contributed by atoms with Gasteiger partial charge in [-0.1, -0.05) is 0 Å². The Morgan fingerprint density at radius 3 is 2.22 bits per heavy atom. The van der Waals surface area contributed by atoms with E-state index in [4.69, 9.17) is 22.3 Å². The molecule has 0 fully saturated rings. The molecule has 3 unspecified atom stereocenters. The summed E-state index contributed by atoms with van der Waals surface area (Å²) in [5, 5.41) is 24.7. The lowest BCUT2D eigenvalue weighted by atomic mass is 10.1. The van der Waals surface area contributed by atoms with Crippen LogP contribution in [0.3, 0.4) is 0 Å². The molecule has 11 N–H and O–H groups in total. The fourth-order valence-electron chi connectivity index (χ4n) is 1.83. The predicted molar refractivity (Wildman–Crippen MR) is 95.2 cm³/mol. The van der Waals surface area contributed by atoms with E-state index in [1.807, 2.05) is 5.32 Å². The van der Waals surface area contributed by atoms with Gasteiger partial charge < -0.3 is 43.4 Å². The van der Waals surface area contributed by atoms with Gasteiger partial charge in [0.1, 0.15) is 12.6 Å². The van der Waals surface area contributed by atoms with Gasteiger partial charge >= 0.3 is 5.97 Å². The van der Waals surface area contributed by atoms with E-state index >= 15 is 0 Å². The first-order valence-electron chi connectivity index (χ1n) is 8.10. The highest BCUT2D eigenvalue weighted by Gasteiger charge is 2.27. The van der Waals surface area contributed by atoms with E-state index in [0.29, 0.717) is 6.42 Å². The number of carbonyl (C=O) groups excluding carboxylic acids is 3. The van der Waals surface area contributed by atoms with Gasteiger partial charge in [0.25, 0.3) is 0 Å². The molecule has 0 radical (unpaired) electrons. The molecule has 3 amide bonds. The van der Waals surface area contributed by atoms with E-state index in [1.54, 1.807) is 0 Å². The number of carbonyl (C=O) groups is 4. The molecule has 0 bridgehead atoms. The number of aliphatic hydroxyl groups is 1. The van der Waals surface area contributed by atoms with Gasteiger partial charge in [-0.25, -0.2) is 0 Å². The van der Waals surface area contributed by atoms with Crippen LogP contribution in [0, 0.1) is 0 Å². The number of amides is 3. The minimum absolute atomic E-state index is 0.0775. The van der Waals surface area contributed by atoms with Crippen LogP contribution in [0.1, 0.15) is 19.8 Å². The van der Waals surface area contributed by atoms with Gasteiger partial charge in [-0.05, 0) is 19.8 Å². The highest BCUT2D eigenvalue weighted by Crippen LogP contribution is 1.99. The maximum absolute atomic E-state index is 12.1. The zero-order chi connectivity index (χ0) is 21.0. The fraction of sp³-hybridized carbons (Fsp3) is 0.643. The first-order chi connectivity index (χ1) is 12.5. The summed E-state index contributed by atoms with van der Waals surface area (Å²) in [7, 11) is 0. The molecule has 0 aromatic rings. The number of rotatable bonds is 12. The smallest absolute Gasteiger partial charge is 0.322 e. The maximum atomic E-state index is 12.1. The second-order valence-electron chi connectivity index (χ2n) is 5.67. The molecule has 0 aromatic heterocycles. The zero-order valence-corrected chi connectivity index (χ0v) is 15.0. The van der Waals surface area contributed by atoms with Crippen molar-refractivity contribution in [3.8, 4) is 0 Å². The SMILES string of the molecule is CC(O)C(NC(=O)C(N)CCCN=C(N)N)C(=O)NCC(=O)NCC(=O)O. The molecule has 0 aliphatic heterocycles. The largest absolute Gasteiger partial charge is 0.480 e. The number of nitrogens with zero attached hydrogens (tertiary/aromatic N) is 1. The number of aliphatic imine (C=N–C) groups is 1. The third-order valence-electron chi connectivity index (χ3n) is 3.23. The van der Waals surface area contributed by atoms with Crippen LogP contribution in [0.2, 0.25) is 0 Å². The molecule has 0 aliphatic rings. The van der Waals surface area contributed by atoms with Crippen molar-refractivity contribution in [3.63, 3.8) is 0 Å². The van der Waals surface area contributed by atoms with Crippen LogP contribution in [-0.2, 0) is 19.2 Å². The van der Waals surface area contributed by atoms with Crippen molar-refractivity contribution in [1.29, 1.82) is 0 Å². The summed E-state index contributed by atoms with van der Waals surface area (Å²) >= 11 is 0. The number of hydrogen-bond acceptors (Lipinski definition) is 7. The van der Waals surface area contributed by atoms with Crippen molar-refractivity contribution in [2.45, 2.75) is 38.0 Å². The molecule has 0 rings (SSSR count). The number of nitrogens with one attached hydrogen (secondary N) is 3. The zero-order valence-electron chi connectivity index (χ0n) is 15.0. The van der Waals surface area contributed by atoms with E-state index < -0.39 is 55.0 Å². The van der Waals surface area contributed by atoms with Crippen molar-refractivity contribution in [2.75, 3.05) is 19.6 Å². The lowest BCUT2D eigenvalue weighted by Crippen LogP contribution is -2.56. The molecule has 0 saturated heterocycles. The van der Waals surface area contributed by atoms with E-state index in [9.17, 15) is 24.3 Å². The minimum atomic E-state index is -1.34. The monoisotopic (exact) mass is 389 g/mol.